The molecular weight excluding hydrogens is 432 g/mol. The molecule has 0 aliphatic carbocycles. The minimum absolute atomic E-state index is 0.112. The molecule has 0 spiro atoms. The standard InChI is InChI=1S/C25H22N6O3/c1-16(2)22(33)34-21-13-7-11-19(15-21)28-25-30-23(26-17-8-4-3-5-9-17)29-24(31-25)27-18-10-6-12-20(32)14-18/h3-15,32H,1H2,2H3,(H3,26,27,28,29,30,31). The number of esters is 1. The molecule has 4 rings (SSSR count). The number of ether oxygens (including phenoxy) is 1. The summed E-state index contributed by atoms with van der Waals surface area (Å²) in [5.74, 6) is 0.764. The van der Waals surface area contributed by atoms with E-state index in [1.807, 2.05) is 30.3 Å². The first kappa shape index (κ1) is 22.3. The van der Waals surface area contributed by atoms with Gasteiger partial charge in [0.2, 0.25) is 17.8 Å². The van der Waals surface area contributed by atoms with Crippen molar-refractivity contribution in [2.75, 3.05) is 16.0 Å². The van der Waals surface area contributed by atoms with Crippen molar-refractivity contribution in [3.63, 3.8) is 0 Å². The van der Waals surface area contributed by atoms with Crippen molar-refractivity contribution in [3.8, 4) is 11.5 Å². The number of aromatic hydroxyl groups is 1. The van der Waals surface area contributed by atoms with E-state index in [0.717, 1.165) is 5.69 Å². The summed E-state index contributed by atoms with van der Waals surface area (Å²) in [4.78, 5) is 25.1. The zero-order valence-corrected chi connectivity index (χ0v) is 18.3. The van der Waals surface area contributed by atoms with Gasteiger partial charge in [-0.1, -0.05) is 36.9 Å². The van der Waals surface area contributed by atoms with Crippen LogP contribution in [0.25, 0.3) is 0 Å². The highest BCUT2D eigenvalue weighted by Crippen LogP contribution is 2.24. The molecule has 0 atom stereocenters. The zero-order valence-electron chi connectivity index (χ0n) is 18.3. The smallest absolute Gasteiger partial charge is 0.338 e. The van der Waals surface area contributed by atoms with Crippen LogP contribution < -0.4 is 20.7 Å². The highest BCUT2D eigenvalue weighted by Gasteiger charge is 2.10. The number of carbonyl (C=O) groups excluding carboxylic acids is 1. The maximum Gasteiger partial charge on any atom is 0.338 e. The van der Waals surface area contributed by atoms with E-state index in [4.69, 9.17) is 4.74 Å². The number of aromatic nitrogens is 3. The number of phenols is 1. The Balaban J connectivity index is 1.62. The van der Waals surface area contributed by atoms with E-state index < -0.39 is 5.97 Å². The molecule has 9 nitrogen and oxygen atoms in total. The van der Waals surface area contributed by atoms with Gasteiger partial charge in [-0.3, -0.25) is 0 Å². The van der Waals surface area contributed by atoms with Crippen molar-refractivity contribution in [2.24, 2.45) is 0 Å². The van der Waals surface area contributed by atoms with Crippen molar-refractivity contribution in [1.29, 1.82) is 0 Å². The average Bonchev–Trinajstić information content (AvgIpc) is 2.80. The summed E-state index contributed by atoms with van der Waals surface area (Å²) in [6.45, 7) is 5.17. The second-order valence-corrected chi connectivity index (χ2v) is 7.30. The van der Waals surface area contributed by atoms with Crippen molar-refractivity contribution < 1.29 is 14.6 Å². The molecule has 0 saturated carbocycles. The van der Waals surface area contributed by atoms with E-state index in [-0.39, 0.29) is 17.6 Å². The van der Waals surface area contributed by atoms with Crippen LogP contribution in [0.2, 0.25) is 0 Å². The summed E-state index contributed by atoms with van der Waals surface area (Å²) in [5.41, 5.74) is 2.32. The maximum absolute atomic E-state index is 11.8. The largest absolute Gasteiger partial charge is 0.508 e. The first-order chi connectivity index (χ1) is 16.4. The van der Waals surface area contributed by atoms with Gasteiger partial charge in [0, 0.05) is 34.8 Å². The number of nitrogens with one attached hydrogen (secondary N) is 3. The first-order valence-corrected chi connectivity index (χ1v) is 10.3. The monoisotopic (exact) mass is 454 g/mol. The quantitative estimate of drug-likeness (QED) is 0.160. The molecule has 0 saturated heterocycles. The maximum atomic E-state index is 11.8. The summed E-state index contributed by atoms with van der Waals surface area (Å²) in [5, 5.41) is 19.1. The normalized spacial score (nSPS) is 10.3. The number of rotatable bonds is 8. The van der Waals surface area contributed by atoms with E-state index >= 15 is 0 Å². The molecule has 0 bridgehead atoms. The van der Waals surface area contributed by atoms with Crippen molar-refractivity contribution in [2.45, 2.75) is 6.92 Å². The fourth-order valence-corrected chi connectivity index (χ4v) is 2.87. The molecule has 0 aliphatic heterocycles. The molecule has 1 heterocycles. The Hall–Kier alpha value is -4.92. The fourth-order valence-electron chi connectivity index (χ4n) is 2.87. The Morgan fingerprint density at radius 1 is 0.765 bits per heavy atom. The Labute approximate surface area is 196 Å². The Morgan fingerprint density at radius 2 is 1.29 bits per heavy atom. The number of hydrogen-bond donors (Lipinski definition) is 4. The molecule has 0 amide bonds. The number of hydrogen-bond acceptors (Lipinski definition) is 9. The number of phenolic OH excluding ortho intramolecular Hbond substituents is 1. The van der Waals surface area contributed by atoms with Crippen molar-refractivity contribution in [1.82, 2.24) is 15.0 Å². The van der Waals surface area contributed by atoms with E-state index in [0.29, 0.717) is 28.6 Å². The van der Waals surface area contributed by atoms with Gasteiger partial charge < -0.3 is 25.8 Å². The van der Waals surface area contributed by atoms with E-state index in [1.165, 1.54) is 0 Å². The predicted octanol–water partition coefficient (Wildman–Crippen LogP) is 5.29. The van der Waals surface area contributed by atoms with Gasteiger partial charge in [0.25, 0.3) is 0 Å². The number of carbonyl (C=O) groups is 1. The van der Waals surface area contributed by atoms with Crippen LogP contribution in [0.1, 0.15) is 6.92 Å². The highest BCUT2D eigenvalue weighted by atomic mass is 16.5. The minimum Gasteiger partial charge on any atom is -0.508 e. The number of para-hydroxylation sites is 1. The molecule has 170 valence electrons. The lowest BCUT2D eigenvalue weighted by atomic mass is 10.3. The molecule has 0 radical (unpaired) electrons. The SMILES string of the molecule is C=C(C)C(=O)Oc1cccc(Nc2nc(Nc3ccccc3)nc(Nc3cccc(O)c3)n2)c1. The van der Waals surface area contributed by atoms with Gasteiger partial charge in [0.05, 0.1) is 0 Å². The van der Waals surface area contributed by atoms with Crippen LogP contribution in [0.5, 0.6) is 11.5 Å². The zero-order chi connectivity index (χ0) is 23.9. The topological polar surface area (TPSA) is 121 Å². The fraction of sp³-hybridized carbons (Fsp3) is 0.0400. The van der Waals surface area contributed by atoms with Crippen LogP contribution in [0.3, 0.4) is 0 Å². The molecule has 3 aromatic carbocycles. The third-order valence-corrected chi connectivity index (χ3v) is 4.42. The van der Waals surface area contributed by atoms with Crippen LogP contribution >= 0.6 is 0 Å². The average molecular weight is 454 g/mol. The molecule has 34 heavy (non-hydrogen) atoms. The molecule has 9 heteroatoms. The van der Waals surface area contributed by atoms with Gasteiger partial charge in [-0.15, -0.1) is 0 Å². The summed E-state index contributed by atoms with van der Waals surface area (Å²) in [7, 11) is 0. The summed E-state index contributed by atoms with van der Waals surface area (Å²) in [6, 6.07) is 22.9. The van der Waals surface area contributed by atoms with E-state index in [9.17, 15) is 9.90 Å². The van der Waals surface area contributed by atoms with Crippen LogP contribution in [-0.2, 0) is 4.79 Å². The third-order valence-electron chi connectivity index (χ3n) is 4.42. The van der Waals surface area contributed by atoms with Gasteiger partial charge in [0.15, 0.2) is 0 Å². The highest BCUT2D eigenvalue weighted by molar-refractivity contribution is 5.88. The Morgan fingerprint density at radius 3 is 1.88 bits per heavy atom. The van der Waals surface area contributed by atoms with E-state index in [2.05, 4.69) is 37.5 Å². The summed E-state index contributed by atoms with van der Waals surface area (Å²) in [6.07, 6.45) is 0. The van der Waals surface area contributed by atoms with Crippen molar-refractivity contribution in [3.05, 3.63) is 91.0 Å². The van der Waals surface area contributed by atoms with Crippen LogP contribution in [-0.4, -0.2) is 26.0 Å². The number of nitrogens with zero attached hydrogens (tertiary/aromatic N) is 3. The third kappa shape index (κ3) is 6.07. The molecule has 4 N–H and O–H groups in total. The molecule has 0 unspecified atom stereocenters. The number of benzene rings is 3. The second kappa shape index (κ2) is 10.1. The van der Waals surface area contributed by atoms with Gasteiger partial charge in [0.1, 0.15) is 11.5 Å². The molecule has 4 aromatic rings. The molecule has 0 fully saturated rings. The predicted molar refractivity (Wildman–Crippen MR) is 131 cm³/mol. The lowest BCUT2D eigenvalue weighted by Gasteiger charge is -2.12. The van der Waals surface area contributed by atoms with E-state index in [1.54, 1.807) is 55.5 Å². The summed E-state index contributed by atoms with van der Waals surface area (Å²) < 4.78 is 5.29. The summed E-state index contributed by atoms with van der Waals surface area (Å²) >= 11 is 0. The van der Waals surface area contributed by atoms with Crippen LogP contribution in [0, 0.1) is 0 Å². The van der Waals surface area contributed by atoms with Crippen molar-refractivity contribution >= 4 is 40.9 Å². The first-order valence-electron chi connectivity index (χ1n) is 10.3. The van der Waals surface area contributed by atoms with Gasteiger partial charge in [-0.25, -0.2) is 4.79 Å². The lowest BCUT2D eigenvalue weighted by molar-refractivity contribution is -0.130. The van der Waals surface area contributed by atoms with Gasteiger partial charge in [-0.2, -0.15) is 15.0 Å². The van der Waals surface area contributed by atoms with Crippen LogP contribution in [0.15, 0.2) is 91.0 Å². The Bertz CT molecular complexity index is 1330. The van der Waals surface area contributed by atoms with Gasteiger partial charge >= 0.3 is 5.97 Å². The Kier molecular flexibility index (Phi) is 6.64. The van der Waals surface area contributed by atoms with Gasteiger partial charge in [-0.05, 0) is 43.3 Å². The molecule has 1 aromatic heterocycles. The minimum atomic E-state index is -0.510. The van der Waals surface area contributed by atoms with Crippen LogP contribution in [0.4, 0.5) is 34.9 Å². The lowest BCUT2D eigenvalue weighted by Crippen LogP contribution is -2.09. The molecular formula is C25H22N6O3. The second-order valence-electron chi connectivity index (χ2n) is 7.30. The molecule has 0 aliphatic rings. The number of anilines is 6.